The number of hydrogen-bond acceptors (Lipinski definition) is 4. The van der Waals surface area contributed by atoms with E-state index in [-0.39, 0.29) is 0 Å². The van der Waals surface area contributed by atoms with E-state index in [9.17, 15) is 0 Å². The van der Waals surface area contributed by atoms with E-state index in [1.165, 1.54) is 5.56 Å². The number of likely N-dealkylation sites (N-methyl/N-ethyl adjacent to an activating group) is 1. The Hall–Kier alpha value is -1.26. The summed E-state index contributed by atoms with van der Waals surface area (Å²) in [5.41, 5.74) is 1.25. The molecule has 0 saturated carbocycles. The molecular weight excluding hydrogens is 252 g/mol. The van der Waals surface area contributed by atoms with Crippen molar-refractivity contribution in [1.82, 2.24) is 9.80 Å². The third-order valence-corrected chi connectivity index (χ3v) is 4.17. The Labute approximate surface area is 122 Å². The van der Waals surface area contributed by atoms with Crippen LogP contribution >= 0.6 is 0 Å². The fourth-order valence-corrected chi connectivity index (χ4v) is 2.73. The van der Waals surface area contributed by atoms with Crippen molar-refractivity contribution in [2.75, 3.05) is 47.4 Å². The number of benzene rings is 1. The molecule has 1 atom stereocenters. The van der Waals surface area contributed by atoms with E-state index >= 15 is 0 Å². The van der Waals surface area contributed by atoms with Gasteiger partial charge in [0.2, 0.25) is 0 Å². The number of piperazine rings is 1. The molecule has 1 aromatic rings. The summed E-state index contributed by atoms with van der Waals surface area (Å²) in [5.74, 6) is 1.77. The predicted molar refractivity (Wildman–Crippen MR) is 81.8 cm³/mol. The number of nitrogens with zero attached hydrogens (tertiary/aromatic N) is 2. The van der Waals surface area contributed by atoms with Gasteiger partial charge in [-0.25, -0.2) is 0 Å². The van der Waals surface area contributed by atoms with Gasteiger partial charge in [0, 0.05) is 38.3 Å². The van der Waals surface area contributed by atoms with Crippen LogP contribution in [0.4, 0.5) is 0 Å². The third kappa shape index (κ3) is 3.64. The zero-order valence-electron chi connectivity index (χ0n) is 13.1. The molecule has 1 saturated heterocycles. The summed E-state index contributed by atoms with van der Waals surface area (Å²) in [6, 6.07) is 6.62. The van der Waals surface area contributed by atoms with Crippen molar-refractivity contribution in [2.24, 2.45) is 0 Å². The van der Waals surface area contributed by atoms with E-state index in [0.29, 0.717) is 6.04 Å². The van der Waals surface area contributed by atoms with Gasteiger partial charge < -0.3 is 14.4 Å². The molecule has 0 amide bonds. The van der Waals surface area contributed by atoms with Crippen molar-refractivity contribution in [1.29, 1.82) is 0 Å². The molecule has 0 aliphatic carbocycles. The summed E-state index contributed by atoms with van der Waals surface area (Å²) in [5, 5.41) is 0. The highest BCUT2D eigenvalue weighted by Gasteiger charge is 2.20. The van der Waals surface area contributed by atoms with Crippen molar-refractivity contribution < 1.29 is 9.47 Å². The lowest BCUT2D eigenvalue weighted by Crippen LogP contribution is -2.48. The second kappa shape index (κ2) is 6.95. The summed E-state index contributed by atoms with van der Waals surface area (Å²) >= 11 is 0. The first-order valence-electron chi connectivity index (χ1n) is 7.27. The molecule has 1 heterocycles. The average molecular weight is 278 g/mol. The SMILES string of the molecule is COc1ccc(C[C@@H](C)N2CCN(C)CC2)c(OC)c1. The summed E-state index contributed by atoms with van der Waals surface area (Å²) in [6.07, 6.45) is 1.01. The zero-order chi connectivity index (χ0) is 14.5. The van der Waals surface area contributed by atoms with Crippen LogP contribution in [0.1, 0.15) is 12.5 Å². The first-order chi connectivity index (χ1) is 9.63. The van der Waals surface area contributed by atoms with Crippen molar-refractivity contribution in [3.8, 4) is 11.5 Å². The van der Waals surface area contributed by atoms with Crippen LogP contribution in [0, 0.1) is 0 Å². The topological polar surface area (TPSA) is 24.9 Å². The summed E-state index contributed by atoms with van der Waals surface area (Å²) in [7, 11) is 5.59. The standard InChI is InChI=1S/C16H26N2O2/c1-13(18-9-7-17(2)8-10-18)11-14-5-6-15(19-3)12-16(14)20-4/h5-6,12-13H,7-11H2,1-4H3/t13-/m1/s1. The van der Waals surface area contributed by atoms with Gasteiger partial charge in [0.1, 0.15) is 11.5 Å². The Morgan fingerprint density at radius 1 is 1.10 bits per heavy atom. The quantitative estimate of drug-likeness (QED) is 0.821. The van der Waals surface area contributed by atoms with E-state index in [0.717, 1.165) is 44.1 Å². The van der Waals surface area contributed by atoms with Crippen LogP contribution in [0.15, 0.2) is 18.2 Å². The Bertz CT molecular complexity index is 428. The van der Waals surface area contributed by atoms with E-state index < -0.39 is 0 Å². The summed E-state index contributed by atoms with van der Waals surface area (Å²) in [4.78, 5) is 4.95. The molecule has 2 rings (SSSR count). The highest BCUT2D eigenvalue weighted by molar-refractivity contribution is 5.41. The minimum absolute atomic E-state index is 0.533. The molecule has 1 aliphatic heterocycles. The predicted octanol–water partition coefficient (Wildman–Crippen LogP) is 1.88. The second-order valence-corrected chi connectivity index (χ2v) is 5.57. The van der Waals surface area contributed by atoms with Gasteiger partial charge in [-0.3, -0.25) is 4.90 Å². The van der Waals surface area contributed by atoms with Crippen molar-refractivity contribution >= 4 is 0 Å². The molecule has 0 aromatic heterocycles. The van der Waals surface area contributed by atoms with Gasteiger partial charge in [-0.1, -0.05) is 6.07 Å². The number of ether oxygens (including phenoxy) is 2. The molecule has 1 aliphatic rings. The van der Waals surface area contributed by atoms with Gasteiger partial charge in [0.15, 0.2) is 0 Å². The van der Waals surface area contributed by atoms with Crippen LogP contribution in [0.2, 0.25) is 0 Å². The average Bonchev–Trinajstić information content (AvgIpc) is 2.48. The maximum absolute atomic E-state index is 5.49. The van der Waals surface area contributed by atoms with Crippen LogP contribution in [-0.4, -0.2) is 63.3 Å². The van der Waals surface area contributed by atoms with Crippen LogP contribution < -0.4 is 9.47 Å². The molecular formula is C16H26N2O2. The van der Waals surface area contributed by atoms with Crippen molar-refractivity contribution in [2.45, 2.75) is 19.4 Å². The molecule has 4 heteroatoms. The van der Waals surface area contributed by atoms with Gasteiger partial charge in [0.05, 0.1) is 14.2 Å². The van der Waals surface area contributed by atoms with Gasteiger partial charge in [-0.05, 0) is 32.0 Å². The van der Waals surface area contributed by atoms with Gasteiger partial charge in [0.25, 0.3) is 0 Å². The number of hydrogen-bond donors (Lipinski definition) is 0. The van der Waals surface area contributed by atoms with Crippen molar-refractivity contribution in [3.63, 3.8) is 0 Å². The van der Waals surface area contributed by atoms with Crippen molar-refractivity contribution in [3.05, 3.63) is 23.8 Å². The molecule has 1 fully saturated rings. The maximum atomic E-state index is 5.49. The molecule has 4 nitrogen and oxygen atoms in total. The second-order valence-electron chi connectivity index (χ2n) is 5.57. The van der Waals surface area contributed by atoms with Gasteiger partial charge >= 0.3 is 0 Å². The van der Waals surface area contributed by atoms with E-state index in [4.69, 9.17) is 9.47 Å². The Morgan fingerprint density at radius 3 is 2.40 bits per heavy atom. The fourth-order valence-electron chi connectivity index (χ4n) is 2.73. The van der Waals surface area contributed by atoms with E-state index in [1.807, 2.05) is 12.1 Å². The van der Waals surface area contributed by atoms with Crippen LogP contribution in [0.5, 0.6) is 11.5 Å². The third-order valence-electron chi connectivity index (χ3n) is 4.17. The molecule has 0 N–H and O–H groups in total. The monoisotopic (exact) mass is 278 g/mol. The van der Waals surface area contributed by atoms with Crippen LogP contribution in [-0.2, 0) is 6.42 Å². The number of methoxy groups -OCH3 is 2. The van der Waals surface area contributed by atoms with Crippen LogP contribution in [0.25, 0.3) is 0 Å². The number of rotatable bonds is 5. The molecule has 0 bridgehead atoms. The van der Waals surface area contributed by atoms with Gasteiger partial charge in [-0.2, -0.15) is 0 Å². The first kappa shape index (κ1) is 15.1. The normalized spacial score (nSPS) is 18.8. The first-order valence-corrected chi connectivity index (χ1v) is 7.27. The molecule has 20 heavy (non-hydrogen) atoms. The Kier molecular flexibility index (Phi) is 5.26. The molecule has 0 spiro atoms. The van der Waals surface area contributed by atoms with Crippen LogP contribution in [0.3, 0.4) is 0 Å². The summed E-state index contributed by atoms with van der Waals surface area (Å²) < 4.78 is 10.7. The fraction of sp³-hybridized carbons (Fsp3) is 0.625. The maximum Gasteiger partial charge on any atom is 0.125 e. The lowest BCUT2D eigenvalue weighted by Gasteiger charge is -2.36. The lowest BCUT2D eigenvalue weighted by atomic mass is 10.0. The summed E-state index contributed by atoms with van der Waals surface area (Å²) in [6.45, 7) is 6.91. The lowest BCUT2D eigenvalue weighted by molar-refractivity contribution is 0.118. The van der Waals surface area contributed by atoms with Gasteiger partial charge in [-0.15, -0.1) is 0 Å². The molecule has 0 radical (unpaired) electrons. The highest BCUT2D eigenvalue weighted by Crippen LogP contribution is 2.26. The molecule has 0 unspecified atom stereocenters. The largest absolute Gasteiger partial charge is 0.497 e. The highest BCUT2D eigenvalue weighted by atomic mass is 16.5. The Balaban J connectivity index is 2.01. The minimum atomic E-state index is 0.533. The Morgan fingerprint density at radius 2 is 1.80 bits per heavy atom. The molecule has 112 valence electrons. The minimum Gasteiger partial charge on any atom is -0.497 e. The van der Waals surface area contributed by atoms with E-state index in [1.54, 1.807) is 14.2 Å². The smallest absolute Gasteiger partial charge is 0.125 e. The zero-order valence-corrected chi connectivity index (χ0v) is 13.1. The molecule has 1 aromatic carbocycles. The van der Waals surface area contributed by atoms with E-state index in [2.05, 4.69) is 29.8 Å².